The molecule has 0 amide bonds. The molecule has 0 fully saturated rings. The van der Waals surface area contributed by atoms with E-state index >= 15 is 0 Å². The highest BCUT2D eigenvalue weighted by Crippen LogP contribution is 2.14. The van der Waals surface area contributed by atoms with Gasteiger partial charge < -0.3 is 0 Å². The van der Waals surface area contributed by atoms with E-state index in [2.05, 4.69) is 37.7 Å². The number of nitrogens with zero attached hydrogens (tertiary/aromatic N) is 2. The van der Waals surface area contributed by atoms with Gasteiger partial charge in [-0.2, -0.15) is 0 Å². The molecule has 2 nitrogen and oxygen atoms in total. The predicted octanol–water partition coefficient (Wildman–Crippen LogP) is 4.78. The van der Waals surface area contributed by atoms with Crippen LogP contribution in [0.4, 0.5) is 0 Å². The molecule has 0 saturated carbocycles. The van der Waals surface area contributed by atoms with Gasteiger partial charge >= 0.3 is 0 Å². The third-order valence-electron chi connectivity index (χ3n) is 1.85. The van der Waals surface area contributed by atoms with Crippen molar-refractivity contribution in [1.29, 1.82) is 0 Å². The van der Waals surface area contributed by atoms with Crippen molar-refractivity contribution < 1.29 is 0 Å². The molecule has 0 aromatic carbocycles. The molecule has 0 spiro atoms. The topological polar surface area (TPSA) is 25.8 Å². The molecule has 0 atom stereocenters. The fourth-order valence-electron chi connectivity index (χ4n) is 0.953. The second-order valence-electron chi connectivity index (χ2n) is 3.68. The van der Waals surface area contributed by atoms with E-state index in [1.54, 1.807) is 0 Å². The largest absolute Gasteiger partial charge is 0.261 e. The summed E-state index contributed by atoms with van der Waals surface area (Å²) in [6.45, 7) is 16.5. The van der Waals surface area contributed by atoms with Crippen LogP contribution in [0.1, 0.15) is 78.6 Å². The van der Waals surface area contributed by atoms with Crippen molar-refractivity contribution in [1.82, 2.24) is 9.97 Å². The Kier molecular flexibility index (Phi) is 11.6. The Balaban J connectivity index is 0. The summed E-state index contributed by atoms with van der Waals surface area (Å²) in [7, 11) is 0. The van der Waals surface area contributed by atoms with E-state index in [0.717, 1.165) is 11.4 Å². The van der Waals surface area contributed by atoms with Crippen LogP contribution in [0.25, 0.3) is 0 Å². The highest BCUT2D eigenvalue weighted by atomic mass is 14.8. The van der Waals surface area contributed by atoms with Gasteiger partial charge in [0, 0.05) is 12.4 Å². The van der Waals surface area contributed by atoms with Crippen LogP contribution in [0.5, 0.6) is 0 Å². The zero-order valence-corrected chi connectivity index (χ0v) is 12.2. The summed E-state index contributed by atoms with van der Waals surface area (Å²) in [5, 5.41) is 0. The van der Waals surface area contributed by atoms with Crippen LogP contribution in [0.3, 0.4) is 0 Å². The Bertz CT molecular complexity index is 231. The Labute approximate surface area is 102 Å². The average molecular weight is 224 g/mol. The summed E-state index contributed by atoms with van der Waals surface area (Å²) in [6, 6.07) is 0. The van der Waals surface area contributed by atoms with Gasteiger partial charge in [-0.25, -0.2) is 0 Å². The number of aromatic nitrogens is 2. The van der Waals surface area contributed by atoms with Crippen molar-refractivity contribution in [3.8, 4) is 0 Å². The summed E-state index contributed by atoms with van der Waals surface area (Å²) >= 11 is 0. The summed E-state index contributed by atoms with van der Waals surface area (Å²) in [4.78, 5) is 8.67. The second kappa shape index (κ2) is 10.6. The summed E-state index contributed by atoms with van der Waals surface area (Å²) in [6.07, 6.45) is 3.69. The predicted molar refractivity (Wildman–Crippen MR) is 72.9 cm³/mol. The molecular weight excluding hydrogens is 196 g/mol. The summed E-state index contributed by atoms with van der Waals surface area (Å²) in [5.41, 5.74) is 2.17. The third-order valence-corrected chi connectivity index (χ3v) is 1.85. The molecule has 94 valence electrons. The first-order chi connectivity index (χ1) is 7.61. The van der Waals surface area contributed by atoms with Crippen LogP contribution in [-0.4, -0.2) is 9.97 Å². The molecular formula is C14H28N2. The highest BCUT2D eigenvalue weighted by Gasteiger charge is 2.05. The summed E-state index contributed by atoms with van der Waals surface area (Å²) in [5.74, 6) is 0.937. The Morgan fingerprint density at radius 2 is 1.06 bits per heavy atom. The molecule has 0 saturated heterocycles. The molecule has 16 heavy (non-hydrogen) atoms. The Morgan fingerprint density at radius 1 is 0.750 bits per heavy atom. The van der Waals surface area contributed by atoms with Gasteiger partial charge in [-0.15, -0.1) is 0 Å². The van der Waals surface area contributed by atoms with Gasteiger partial charge in [0.1, 0.15) is 0 Å². The molecule has 0 radical (unpaired) electrons. The SMILES string of the molecule is CC.CC.CC(C)c1cncc(C(C)C)n1. The molecule has 1 heterocycles. The van der Waals surface area contributed by atoms with Gasteiger partial charge in [0.05, 0.1) is 11.4 Å². The lowest BCUT2D eigenvalue weighted by molar-refractivity contribution is 0.751. The molecule has 0 unspecified atom stereocenters. The average Bonchev–Trinajstić information content (AvgIpc) is 2.34. The molecule has 0 N–H and O–H groups in total. The molecule has 0 aliphatic heterocycles. The lowest BCUT2D eigenvalue weighted by Crippen LogP contribution is -2.00. The van der Waals surface area contributed by atoms with Crippen LogP contribution in [0, 0.1) is 0 Å². The monoisotopic (exact) mass is 224 g/mol. The zero-order valence-electron chi connectivity index (χ0n) is 12.2. The molecule has 1 aromatic heterocycles. The second-order valence-corrected chi connectivity index (χ2v) is 3.68. The van der Waals surface area contributed by atoms with E-state index in [1.807, 2.05) is 40.1 Å². The van der Waals surface area contributed by atoms with E-state index in [9.17, 15) is 0 Å². The lowest BCUT2D eigenvalue weighted by atomic mass is 10.1. The minimum absolute atomic E-state index is 0.469. The maximum atomic E-state index is 4.51. The van der Waals surface area contributed by atoms with Gasteiger partial charge in [-0.05, 0) is 11.8 Å². The van der Waals surface area contributed by atoms with Gasteiger partial charge in [0.25, 0.3) is 0 Å². The number of hydrogen-bond donors (Lipinski definition) is 0. The van der Waals surface area contributed by atoms with Crippen LogP contribution < -0.4 is 0 Å². The number of hydrogen-bond acceptors (Lipinski definition) is 2. The van der Waals surface area contributed by atoms with Crippen LogP contribution in [0.15, 0.2) is 12.4 Å². The minimum atomic E-state index is 0.469. The van der Waals surface area contributed by atoms with Crippen molar-refractivity contribution >= 4 is 0 Å². The first kappa shape index (κ1) is 17.5. The molecule has 1 rings (SSSR count). The fraction of sp³-hybridized carbons (Fsp3) is 0.714. The van der Waals surface area contributed by atoms with E-state index in [1.165, 1.54) is 0 Å². The van der Waals surface area contributed by atoms with Crippen molar-refractivity contribution in [3.05, 3.63) is 23.8 Å². The van der Waals surface area contributed by atoms with Crippen LogP contribution in [0.2, 0.25) is 0 Å². The van der Waals surface area contributed by atoms with Crippen LogP contribution in [-0.2, 0) is 0 Å². The van der Waals surface area contributed by atoms with Gasteiger partial charge in [-0.1, -0.05) is 55.4 Å². The normalized spacial score (nSPS) is 9.12. The third kappa shape index (κ3) is 6.54. The molecule has 0 aliphatic carbocycles. The molecule has 2 heteroatoms. The Morgan fingerprint density at radius 3 is 1.31 bits per heavy atom. The molecule has 0 aliphatic rings. The highest BCUT2D eigenvalue weighted by molar-refractivity contribution is 5.09. The maximum absolute atomic E-state index is 4.51. The first-order valence-electron chi connectivity index (χ1n) is 6.43. The molecule has 0 bridgehead atoms. The van der Waals surface area contributed by atoms with Crippen molar-refractivity contribution in [2.75, 3.05) is 0 Å². The quantitative estimate of drug-likeness (QED) is 0.722. The van der Waals surface area contributed by atoms with E-state index in [-0.39, 0.29) is 0 Å². The van der Waals surface area contributed by atoms with Crippen molar-refractivity contribution in [2.24, 2.45) is 0 Å². The van der Waals surface area contributed by atoms with Gasteiger partial charge in [0.2, 0.25) is 0 Å². The minimum Gasteiger partial charge on any atom is -0.261 e. The first-order valence-corrected chi connectivity index (χ1v) is 6.43. The van der Waals surface area contributed by atoms with E-state index < -0.39 is 0 Å². The Hall–Kier alpha value is -0.920. The zero-order chi connectivity index (χ0) is 13.1. The standard InChI is InChI=1S/C10H16N2.2C2H6/c1-7(2)9-5-11-6-10(12-9)8(3)4;2*1-2/h5-8H,1-4H3;2*1-2H3. The lowest BCUT2D eigenvalue weighted by Gasteiger charge is -2.07. The van der Waals surface area contributed by atoms with Gasteiger partial charge in [-0.3, -0.25) is 9.97 Å². The van der Waals surface area contributed by atoms with Crippen molar-refractivity contribution in [3.63, 3.8) is 0 Å². The van der Waals surface area contributed by atoms with E-state index in [4.69, 9.17) is 0 Å². The van der Waals surface area contributed by atoms with E-state index in [0.29, 0.717) is 11.8 Å². The maximum Gasteiger partial charge on any atom is 0.0615 e. The summed E-state index contributed by atoms with van der Waals surface area (Å²) < 4.78 is 0. The smallest absolute Gasteiger partial charge is 0.0615 e. The fourth-order valence-corrected chi connectivity index (χ4v) is 0.953. The number of rotatable bonds is 2. The van der Waals surface area contributed by atoms with Gasteiger partial charge in [0.15, 0.2) is 0 Å². The molecule has 1 aromatic rings. The van der Waals surface area contributed by atoms with Crippen molar-refractivity contribution in [2.45, 2.75) is 67.2 Å². The van der Waals surface area contributed by atoms with Crippen LogP contribution >= 0.6 is 0 Å².